The van der Waals surface area contributed by atoms with Crippen molar-refractivity contribution in [3.63, 3.8) is 0 Å². The molecule has 2 aromatic heterocycles. The summed E-state index contributed by atoms with van der Waals surface area (Å²) < 4.78 is 0. The van der Waals surface area contributed by atoms with Crippen molar-refractivity contribution in [2.75, 3.05) is 38.0 Å². The summed E-state index contributed by atoms with van der Waals surface area (Å²) in [6.45, 7) is 5.70. The van der Waals surface area contributed by atoms with Gasteiger partial charge in [0, 0.05) is 92.0 Å². The summed E-state index contributed by atoms with van der Waals surface area (Å²) in [5.74, 6) is -0.125. The molecule has 0 unspecified atom stereocenters. The predicted molar refractivity (Wildman–Crippen MR) is 140 cm³/mol. The number of carbonyl (C=O) groups excluding carboxylic acids is 2. The normalized spacial score (nSPS) is 10.9. The number of carbonyl (C=O) groups is 2. The molecule has 2 N–H and O–H groups in total. The average molecular weight is 522 g/mol. The molecular formula is C26H34MnN4O4. The third-order valence-corrected chi connectivity index (χ3v) is 4.36. The summed E-state index contributed by atoms with van der Waals surface area (Å²) in [7, 11) is 8.18. The molecule has 0 saturated carbocycles. The Balaban J connectivity index is 0.000000644. The molecule has 8 nitrogen and oxygen atoms in total. The second-order valence-corrected chi connectivity index (χ2v) is 8.10. The fourth-order valence-corrected chi connectivity index (χ4v) is 3.17. The first-order valence-electron chi connectivity index (χ1n) is 10.6. The molecule has 0 saturated heterocycles. The van der Waals surface area contributed by atoms with Gasteiger partial charge in [0.05, 0.1) is 22.6 Å². The standard InChI is InChI=1S/C16H18N4.2C5H8O2.Mn/c1-19(2)13-7-9-17-15-11(13)5-6-12-14(20(3)4)8-10-18-16(12)15;2*1-4(6)3-5(2)7;/h5-10H,1-4H3;2*3,6H,1-2H3;/b;2*4-3-;. The van der Waals surface area contributed by atoms with Crippen LogP contribution in [-0.4, -0.2) is 59.9 Å². The van der Waals surface area contributed by atoms with Crippen LogP contribution in [0.15, 0.2) is 60.3 Å². The van der Waals surface area contributed by atoms with Gasteiger partial charge >= 0.3 is 0 Å². The Kier molecular flexibility index (Phi) is 13.3. The molecule has 1 aromatic carbocycles. The van der Waals surface area contributed by atoms with Crippen LogP contribution in [0, 0.1) is 0 Å². The first kappa shape index (κ1) is 31.6. The maximum atomic E-state index is 10.0. The number of aromatic nitrogens is 2. The van der Waals surface area contributed by atoms with Gasteiger partial charge in [-0.1, -0.05) is 0 Å². The smallest absolute Gasteiger partial charge is 0.155 e. The van der Waals surface area contributed by atoms with Crippen LogP contribution in [0.5, 0.6) is 0 Å². The molecule has 189 valence electrons. The van der Waals surface area contributed by atoms with Crippen LogP contribution in [0.3, 0.4) is 0 Å². The second-order valence-electron chi connectivity index (χ2n) is 8.10. The average Bonchev–Trinajstić information content (AvgIpc) is 2.71. The molecule has 9 heteroatoms. The first-order chi connectivity index (χ1) is 15.8. The zero-order chi connectivity index (χ0) is 26.0. The number of fused-ring (bicyclic) bond motifs is 3. The van der Waals surface area contributed by atoms with E-state index < -0.39 is 0 Å². The second kappa shape index (κ2) is 14.8. The Morgan fingerprint density at radius 3 is 1.20 bits per heavy atom. The van der Waals surface area contributed by atoms with Crippen LogP contribution < -0.4 is 9.80 Å². The molecule has 0 bridgehead atoms. The van der Waals surface area contributed by atoms with Gasteiger partial charge in [0.25, 0.3) is 0 Å². The Labute approximate surface area is 217 Å². The quantitative estimate of drug-likeness (QED) is 0.214. The number of ketones is 2. The number of hydrogen-bond acceptors (Lipinski definition) is 8. The molecule has 2 heterocycles. The molecule has 1 radical (unpaired) electrons. The topological polar surface area (TPSA) is 107 Å². The molecular weight excluding hydrogens is 487 g/mol. The molecule has 3 rings (SSSR count). The summed E-state index contributed by atoms with van der Waals surface area (Å²) >= 11 is 0. The Bertz CT molecular complexity index is 1120. The van der Waals surface area contributed by atoms with Crippen LogP contribution in [-0.2, 0) is 26.7 Å². The minimum absolute atomic E-state index is 0. The number of nitrogens with zero attached hydrogens (tertiary/aromatic N) is 4. The van der Waals surface area contributed by atoms with Crippen LogP contribution >= 0.6 is 0 Å². The van der Waals surface area contributed by atoms with Crippen LogP contribution in [0.25, 0.3) is 21.8 Å². The molecule has 0 aliphatic carbocycles. The van der Waals surface area contributed by atoms with Gasteiger partial charge in [-0.05, 0) is 52.0 Å². The van der Waals surface area contributed by atoms with Crippen molar-refractivity contribution in [2.45, 2.75) is 27.7 Å². The Hall–Kier alpha value is -3.42. The third-order valence-electron chi connectivity index (χ3n) is 4.36. The predicted octanol–water partition coefficient (Wildman–Crippen LogP) is 4.99. The van der Waals surface area contributed by atoms with Crippen LogP contribution in [0.1, 0.15) is 27.7 Å². The van der Waals surface area contributed by atoms with E-state index in [9.17, 15) is 9.59 Å². The summed E-state index contributed by atoms with van der Waals surface area (Å²) in [5.41, 5.74) is 4.23. The SMILES string of the molecule is CC(=O)/C=C(/C)O.CC(=O)/C=C(/C)O.CN(C)c1ccnc2c1ccc1c(N(C)C)ccnc12.[Mn]. The molecule has 0 aliphatic heterocycles. The van der Waals surface area contributed by atoms with Gasteiger partial charge in [0.2, 0.25) is 0 Å². The zero-order valence-corrected chi connectivity index (χ0v) is 22.7. The summed E-state index contributed by atoms with van der Waals surface area (Å²) in [5, 5.41) is 19.0. The van der Waals surface area contributed by atoms with E-state index in [1.807, 2.05) is 52.7 Å². The number of anilines is 2. The maximum Gasteiger partial charge on any atom is 0.155 e. The molecule has 0 fully saturated rings. The van der Waals surface area contributed by atoms with Crippen molar-refractivity contribution in [1.29, 1.82) is 0 Å². The summed E-state index contributed by atoms with van der Waals surface area (Å²) in [6, 6.07) is 8.33. The van der Waals surface area contributed by atoms with Gasteiger partial charge in [0.15, 0.2) is 11.6 Å². The first-order valence-corrected chi connectivity index (χ1v) is 10.6. The van der Waals surface area contributed by atoms with Gasteiger partial charge in [-0.25, -0.2) is 0 Å². The van der Waals surface area contributed by atoms with Crippen molar-refractivity contribution in [3.8, 4) is 0 Å². The summed E-state index contributed by atoms with van der Waals surface area (Å²) in [4.78, 5) is 33.3. The van der Waals surface area contributed by atoms with Gasteiger partial charge in [0.1, 0.15) is 0 Å². The fraction of sp³-hybridized carbons (Fsp3) is 0.308. The van der Waals surface area contributed by atoms with Crippen molar-refractivity contribution in [2.24, 2.45) is 0 Å². The van der Waals surface area contributed by atoms with Gasteiger partial charge < -0.3 is 20.0 Å². The van der Waals surface area contributed by atoms with E-state index in [-0.39, 0.29) is 40.2 Å². The number of rotatable bonds is 4. The zero-order valence-electron chi connectivity index (χ0n) is 21.5. The number of allylic oxidation sites excluding steroid dienone is 4. The van der Waals surface area contributed by atoms with E-state index in [0.717, 1.165) is 33.2 Å². The monoisotopic (exact) mass is 521 g/mol. The molecule has 35 heavy (non-hydrogen) atoms. The van der Waals surface area contributed by atoms with Crippen molar-refractivity contribution >= 4 is 44.7 Å². The van der Waals surface area contributed by atoms with Gasteiger partial charge in [-0.2, -0.15) is 0 Å². The van der Waals surface area contributed by atoms with E-state index >= 15 is 0 Å². The number of aliphatic hydroxyl groups is 2. The van der Waals surface area contributed by atoms with Crippen LogP contribution in [0.4, 0.5) is 11.4 Å². The molecule has 0 atom stereocenters. The number of aliphatic hydroxyl groups excluding tert-OH is 2. The summed E-state index contributed by atoms with van der Waals surface area (Å²) in [6.07, 6.45) is 6.03. The largest absolute Gasteiger partial charge is 0.512 e. The Morgan fingerprint density at radius 1 is 0.686 bits per heavy atom. The number of benzene rings is 1. The molecule has 0 aliphatic rings. The van der Waals surface area contributed by atoms with Crippen molar-refractivity contribution in [3.05, 3.63) is 60.3 Å². The van der Waals surface area contributed by atoms with E-state index in [0.29, 0.717) is 0 Å². The number of hydrogen-bond donors (Lipinski definition) is 2. The Morgan fingerprint density at radius 2 is 1.00 bits per heavy atom. The fourth-order valence-electron chi connectivity index (χ4n) is 3.17. The maximum absolute atomic E-state index is 10.0. The minimum atomic E-state index is -0.125. The van der Waals surface area contributed by atoms with E-state index in [1.54, 1.807) is 0 Å². The molecule has 0 amide bonds. The molecule has 3 aromatic rings. The number of pyridine rings is 2. The van der Waals surface area contributed by atoms with E-state index in [2.05, 4.69) is 31.9 Å². The molecule has 0 spiro atoms. The van der Waals surface area contributed by atoms with Crippen molar-refractivity contribution in [1.82, 2.24) is 9.97 Å². The third kappa shape index (κ3) is 10.2. The van der Waals surface area contributed by atoms with Gasteiger partial charge in [-0.15, -0.1) is 0 Å². The van der Waals surface area contributed by atoms with E-state index in [4.69, 9.17) is 10.2 Å². The van der Waals surface area contributed by atoms with Gasteiger partial charge in [-0.3, -0.25) is 19.6 Å². The minimum Gasteiger partial charge on any atom is -0.512 e. The van der Waals surface area contributed by atoms with E-state index in [1.165, 1.54) is 39.8 Å². The van der Waals surface area contributed by atoms with Crippen LogP contribution in [0.2, 0.25) is 0 Å². The van der Waals surface area contributed by atoms with Crippen molar-refractivity contribution < 1.29 is 36.9 Å².